The average Bonchev–Trinajstić information content (AvgIpc) is 2.81. The Hall–Kier alpha value is -3.02. The zero-order valence-electron chi connectivity index (χ0n) is 12.5. The van der Waals surface area contributed by atoms with Gasteiger partial charge in [-0.1, -0.05) is 18.2 Å². The summed E-state index contributed by atoms with van der Waals surface area (Å²) in [7, 11) is 1.47. The van der Waals surface area contributed by atoms with Gasteiger partial charge in [0.05, 0.1) is 17.0 Å². The lowest BCUT2D eigenvalue weighted by Crippen LogP contribution is -2.25. The molecular formula is C18H11F2NO3. The first-order valence-electron chi connectivity index (χ1n) is 7.27. The lowest BCUT2D eigenvalue weighted by atomic mass is 9.98. The van der Waals surface area contributed by atoms with Crippen LogP contribution >= 0.6 is 0 Å². The first kappa shape index (κ1) is 14.6. The third-order valence-corrected chi connectivity index (χ3v) is 4.26. The number of carbonyl (C=O) groups excluding carboxylic acids is 1. The lowest BCUT2D eigenvalue weighted by molar-refractivity contribution is 0.0770. The van der Waals surface area contributed by atoms with Crippen LogP contribution in [0.3, 0.4) is 0 Å². The highest BCUT2D eigenvalue weighted by Gasteiger charge is 2.41. The molecule has 0 saturated heterocycles. The maximum Gasteiger partial charge on any atom is 0.290 e. The SMILES string of the molecule is CN1C(=O)c2oc3ccc(F)cc3c(=O)c2[C@@H]1c1ccccc1F. The number of rotatable bonds is 1. The van der Waals surface area contributed by atoms with E-state index in [2.05, 4.69) is 0 Å². The standard InChI is InChI=1S/C18H11F2NO3/c1-21-15(10-4-2-3-5-12(10)20)14-16(22)11-8-9(19)6-7-13(11)24-17(14)18(21)23/h2-8,15H,1H3/t15-/m0/s1. The number of carbonyl (C=O) groups is 1. The van der Waals surface area contributed by atoms with Crippen LogP contribution < -0.4 is 5.43 Å². The highest BCUT2D eigenvalue weighted by Crippen LogP contribution is 2.37. The number of benzene rings is 2. The second-order valence-electron chi connectivity index (χ2n) is 5.65. The van der Waals surface area contributed by atoms with Gasteiger partial charge in [-0.25, -0.2) is 8.78 Å². The molecule has 0 unspecified atom stereocenters. The lowest BCUT2D eigenvalue weighted by Gasteiger charge is -2.20. The van der Waals surface area contributed by atoms with Crippen LogP contribution in [-0.2, 0) is 0 Å². The number of nitrogens with zero attached hydrogens (tertiary/aromatic N) is 1. The summed E-state index contributed by atoms with van der Waals surface area (Å²) in [5.74, 6) is -1.76. The molecule has 1 amide bonds. The van der Waals surface area contributed by atoms with E-state index in [1.807, 2.05) is 0 Å². The molecule has 2 heterocycles. The topological polar surface area (TPSA) is 50.5 Å². The molecule has 0 aliphatic carbocycles. The quantitative estimate of drug-likeness (QED) is 0.689. The molecule has 4 nitrogen and oxygen atoms in total. The van der Waals surface area contributed by atoms with Gasteiger partial charge in [-0.3, -0.25) is 9.59 Å². The zero-order valence-corrected chi connectivity index (χ0v) is 12.5. The summed E-state index contributed by atoms with van der Waals surface area (Å²) in [5, 5.41) is 0.0261. The maximum atomic E-state index is 14.2. The molecule has 2 aromatic carbocycles. The summed E-state index contributed by atoms with van der Waals surface area (Å²) in [4.78, 5) is 26.5. The van der Waals surface area contributed by atoms with Crippen molar-refractivity contribution in [2.45, 2.75) is 6.04 Å². The Morgan fingerprint density at radius 1 is 1.08 bits per heavy atom. The number of halogens is 2. The van der Waals surface area contributed by atoms with Crippen molar-refractivity contribution >= 4 is 16.9 Å². The van der Waals surface area contributed by atoms with E-state index in [-0.39, 0.29) is 27.9 Å². The van der Waals surface area contributed by atoms with Gasteiger partial charge in [0, 0.05) is 12.6 Å². The molecule has 6 heteroatoms. The molecule has 0 spiro atoms. The van der Waals surface area contributed by atoms with Crippen molar-refractivity contribution in [1.82, 2.24) is 4.90 Å². The van der Waals surface area contributed by atoms with Gasteiger partial charge in [0.15, 0.2) is 5.43 Å². The molecule has 1 atom stereocenters. The van der Waals surface area contributed by atoms with Gasteiger partial charge in [-0.2, -0.15) is 0 Å². The van der Waals surface area contributed by atoms with Gasteiger partial charge in [0.2, 0.25) is 5.76 Å². The van der Waals surface area contributed by atoms with Gasteiger partial charge >= 0.3 is 0 Å². The van der Waals surface area contributed by atoms with Gasteiger partial charge < -0.3 is 9.32 Å². The Morgan fingerprint density at radius 2 is 1.83 bits per heavy atom. The van der Waals surface area contributed by atoms with Gasteiger partial charge in [0.1, 0.15) is 17.2 Å². The van der Waals surface area contributed by atoms with Crippen LogP contribution in [-0.4, -0.2) is 17.9 Å². The Bertz CT molecular complexity index is 1060. The molecule has 1 aliphatic rings. The van der Waals surface area contributed by atoms with Crippen molar-refractivity contribution in [2.24, 2.45) is 0 Å². The molecule has 120 valence electrons. The van der Waals surface area contributed by atoms with Crippen LogP contribution in [0.2, 0.25) is 0 Å². The smallest absolute Gasteiger partial charge is 0.290 e. The average molecular weight is 327 g/mol. The molecule has 0 saturated carbocycles. The van der Waals surface area contributed by atoms with Crippen LogP contribution in [0.15, 0.2) is 51.7 Å². The third kappa shape index (κ3) is 1.89. The molecule has 0 bridgehead atoms. The van der Waals surface area contributed by atoms with E-state index >= 15 is 0 Å². The fourth-order valence-corrected chi connectivity index (χ4v) is 3.12. The van der Waals surface area contributed by atoms with E-state index in [4.69, 9.17) is 4.42 Å². The second kappa shape index (κ2) is 4.99. The molecule has 1 aromatic heterocycles. The van der Waals surface area contributed by atoms with Crippen molar-refractivity contribution in [2.75, 3.05) is 7.05 Å². The minimum atomic E-state index is -0.905. The summed E-state index contributed by atoms with van der Waals surface area (Å²) in [6.45, 7) is 0. The molecule has 3 aromatic rings. The summed E-state index contributed by atoms with van der Waals surface area (Å²) in [6, 6.07) is 8.51. The van der Waals surface area contributed by atoms with Crippen LogP contribution in [0.4, 0.5) is 8.78 Å². The minimum Gasteiger partial charge on any atom is -0.450 e. The van der Waals surface area contributed by atoms with Gasteiger partial charge in [-0.15, -0.1) is 0 Å². The van der Waals surface area contributed by atoms with Gasteiger partial charge in [-0.05, 0) is 24.3 Å². The second-order valence-corrected chi connectivity index (χ2v) is 5.65. The monoisotopic (exact) mass is 327 g/mol. The fraction of sp³-hybridized carbons (Fsp3) is 0.111. The summed E-state index contributed by atoms with van der Waals surface area (Å²) >= 11 is 0. The first-order valence-corrected chi connectivity index (χ1v) is 7.27. The van der Waals surface area contributed by atoms with Crippen LogP contribution in [0, 0.1) is 11.6 Å². The Morgan fingerprint density at radius 3 is 2.58 bits per heavy atom. The molecule has 0 fully saturated rings. The molecule has 4 rings (SSSR count). The Kier molecular flexibility index (Phi) is 3.03. The van der Waals surface area contributed by atoms with E-state index in [1.54, 1.807) is 6.07 Å². The largest absolute Gasteiger partial charge is 0.450 e. The Balaban J connectivity index is 2.08. The van der Waals surface area contributed by atoms with Crippen molar-refractivity contribution in [1.29, 1.82) is 0 Å². The van der Waals surface area contributed by atoms with Crippen molar-refractivity contribution in [3.8, 4) is 0 Å². The predicted molar refractivity (Wildman–Crippen MR) is 82.8 cm³/mol. The van der Waals surface area contributed by atoms with E-state index in [0.29, 0.717) is 0 Å². The fourth-order valence-electron chi connectivity index (χ4n) is 3.12. The number of amides is 1. The van der Waals surface area contributed by atoms with Crippen LogP contribution in [0.25, 0.3) is 11.0 Å². The molecule has 24 heavy (non-hydrogen) atoms. The number of hydrogen-bond acceptors (Lipinski definition) is 3. The highest BCUT2D eigenvalue weighted by atomic mass is 19.1. The summed E-state index contributed by atoms with van der Waals surface area (Å²) < 4.78 is 33.2. The van der Waals surface area contributed by atoms with E-state index in [0.717, 1.165) is 12.1 Å². The Labute approximate surface area is 134 Å². The number of hydrogen-bond donors (Lipinski definition) is 0. The van der Waals surface area contributed by atoms with Crippen molar-refractivity contribution in [3.05, 3.63) is 81.2 Å². The van der Waals surface area contributed by atoms with Crippen LogP contribution in [0.5, 0.6) is 0 Å². The maximum absolute atomic E-state index is 14.2. The molecular weight excluding hydrogens is 316 g/mol. The van der Waals surface area contributed by atoms with Gasteiger partial charge in [0.25, 0.3) is 5.91 Å². The van der Waals surface area contributed by atoms with Crippen LogP contribution in [0.1, 0.15) is 27.7 Å². The highest BCUT2D eigenvalue weighted by molar-refractivity contribution is 5.98. The predicted octanol–water partition coefficient (Wildman–Crippen LogP) is 3.25. The number of fused-ring (bicyclic) bond motifs is 2. The molecule has 0 radical (unpaired) electrons. The minimum absolute atomic E-state index is 0.0261. The molecule has 1 aliphatic heterocycles. The third-order valence-electron chi connectivity index (χ3n) is 4.26. The van der Waals surface area contributed by atoms with E-state index in [1.165, 1.54) is 36.2 Å². The first-order chi connectivity index (χ1) is 11.5. The normalized spacial score (nSPS) is 16.7. The zero-order chi connectivity index (χ0) is 17.0. The van der Waals surface area contributed by atoms with Crippen molar-refractivity contribution in [3.63, 3.8) is 0 Å². The summed E-state index contributed by atoms with van der Waals surface area (Å²) in [6.07, 6.45) is 0. The molecule has 0 N–H and O–H groups in total. The van der Waals surface area contributed by atoms with Crippen molar-refractivity contribution < 1.29 is 18.0 Å². The van der Waals surface area contributed by atoms with E-state index in [9.17, 15) is 18.4 Å². The summed E-state index contributed by atoms with van der Waals surface area (Å²) in [5.41, 5.74) is -0.186. The van der Waals surface area contributed by atoms with E-state index < -0.39 is 29.0 Å².